The Labute approximate surface area is 133 Å². The third-order valence-electron chi connectivity index (χ3n) is 2.54. The van der Waals surface area contributed by atoms with Gasteiger partial charge in [-0.3, -0.25) is 4.99 Å². The molecule has 0 saturated carbocycles. The van der Waals surface area contributed by atoms with Crippen molar-refractivity contribution in [2.75, 3.05) is 19.6 Å². The minimum absolute atomic E-state index is 0. The average Bonchev–Trinajstić information content (AvgIpc) is 2.88. The second-order valence-electron chi connectivity index (χ2n) is 4.24. The van der Waals surface area contributed by atoms with E-state index < -0.39 is 0 Å². The molecule has 0 spiro atoms. The third kappa shape index (κ3) is 8.85. The Balaban J connectivity index is 0.00000324. The van der Waals surface area contributed by atoms with Gasteiger partial charge < -0.3 is 15.2 Å². The van der Waals surface area contributed by atoms with Crippen molar-refractivity contribution < 1.29 is 0 Å². The number of unbranched alkanes of at least 4 members (excludes halogenated alkanes) is 1. The summed E-state index contributed by atoms with van der Waals surface area (Å²) in [4.78, 5) is 8.52. The maximum Gasteiger partial charge on any atom is 0.191 e. The van der Waals surface area contributed by atoms with Crippen LogP contribution in [0.5, 0.6) is 0 Å². The molecule has 0 aliphatic carbocycles. The monoisotopic (exact) mass is 379 g/mol. The molecule has 0 bridgehead atoms. The molecule has 0 atom stereocenters. The summed E-state index contributed by atoms with van der Waals surface area (Å²) >= 11 is 0. The van der Waals surface area contributed by atoms with Crippen molar-refractivity contribution in [2.24, 2.45) is 4.99 Å². The molecule has 6 heteroatoms. The number of guanidine groups is 1. The van der Waals surface area contributed by atoms with Gasteiger partial charge in [0.1, 0.15) is 0 Å². The molecule has 1 rings (SSSR count). The Morgan fingerprint density at radius 2 is 2.00 bits per heavy atom. The first-order valence-electron chi connectivity index (χ1n) is 6.84. The molecule has 19 heavy (non-hydrogen) atoms. The lowest BCUT2D eigenvalue weighted by Gasteiger charge is -2.12. The highest BCUT2D eigenvalue weighted by molar-refractivity contribution is 14.0. The molecule has 0 unspecified atom stereocenters. The summed E-state index contributed by atoms with van der Waals surface area (Å²) in [7, 11) is 0. The largest absolute Gasteiger partial charge is 0.356 e. The molecular formula is C13H26IN5. The Hall–Kier alpha value is -0.790. The highest BCUT2D eigenvalue weighted by atomic mass is 127. The number of hydrogen-bond acceptors (Lipinski definition) is 2. The lowest BCUT2D eigenvalue weighted by Crippen LogP contribution is -2.39. The minimum atomic E-state index is 0. The summed E-state index contributed by atoms with van der Waals surface area (Å²) in [5, 5.41) is 6.69. The van der Waals surface area contributed by atoms with Gasteiger partial charge in [-0.15, -0.1) is 24.0 Å². The molecule has 0 fully saturated rings. The van der Waals surface area contributed by atoms with E-state index in [0.717, 1.165) is 38.6 Å². The molecule has 0 saturated heterocycles. The Bertz CT molecular complexity index is 324. The topological polar surface area (TPSA) is 54.2 Å². The summed E-state index contributed by atoms with van der Waals surface area (Å²) in [6.45, 7) is 7.94. The normalized spacial score (nSPS) is 10.9. The van der Waals surface area contributed by atoms with Crippen LogP contribution in [0.3, 0.4) is 0 Å². The van der Waals surface area contributed by atoms with Crippen molar-refractivity contribution in [3.8, 4) is 0 Å². The molecule has 1 aromatic rings. The zero-order valence-corrected chi connectivity index (χ0v) is 14.3. The van der Waals surface area contributed by atoms with Crippen LogP contribution in [0.1, 0.15) is 33.1 Å². The van der Waals surface area contributed by atoms with Crippen molar-refractivity contribution in [3.05, 3.63) is 18.7 Å². The van der Waals surface area contributed by atoms with Crippen molar-refractivity contribution >= 4 is 29.9 Å². The number of aromatic nitrogens is 2. The summed E-state index contributed by atoms with van der Waals surface area (Å²) in [5.74, 6) is 0.922. The van der Waals surface area contributed by atoms with Gasteiger partial charge in [0.05, 0.1) is 6.33 Å². The summed E-state index contributed by atoms with van der Waals surface area (Å²) < 4.78 is 2.05. The highest BCUT2D eigenvalue weighted by Gasteiger charge is 1.97. The van der Waals surface area contributed by atoms with E-state index in [1.807, 2.05) is 12.5 Å². The first-order valence-corrected chi connectivity index (χ1v) is 6.84. The second kappa shape index (κ2) is 12.3. The Kier molecular flexibility index (Phi) is 11.7. The predicted molar refractivity (Wildman–Crippen MR) is 91.1 cm³/mol. The van der Waals surface area contributed by atoms with Crippen molar-refractivity contribution in [1.29, 1.82) is 0 Å². The summed E-state index contributed by atoms with van der Waals surface area (Å²) in [6, 6.07) is 0. The van der Waals surface area contributed by atoms with Crippen LogP contribution >= 0.6 is 24.0 Å². The van der Waals surface area contributed by atoms with Crippen LogP contribution in [0.4, 0.5) is 0 Å². The van der Waals surface area contributed by atoms with E-state index in [4.69, 9.17) is 0 Å². The average molecular weight is 379 g/mol. The number of imidazole rings is 1. The molecule has 1 heterocycles. The van der Waals surface area contributed by atoms with E-state index in [1.165, 1.54) is 12.8 Å². The van der Waals surface area contributed by atoms with E-state index in [9.17, 15) is 0 Å². The van der Waals surface area contributed by atoms with Gasteiger partial charge in [0.15, 0.2) is 5.96 Å². The van der Waals surface area contributed by atoms with E-state index in [-0.39, 0.29) is 24.0 Å². The van der Waals surface area contributed by atoms with Gasteiger partial charge in [-0.25, -0.2) is 4.98 Å². The first kappa shape index (κ1) is 18.2. The lowest BCUT2D eigenvalue weighted by molar-refractivity contribution is 0.654. The number of rotatable bonds is 8. The van der Waals surface area contributed by atoms with E-state index in [1.54, 1.807) is 6.20 Å². The molecule has 5 nitrogen and oxygen atoms in total. The highest BCUT2D eigenvalue weighted by Crippen LogP contribution is 1.86. The second-order valence-corrected chi connectivity index (χ2v) is 4.24. The van der Waals surface area contributed by atoms with Crippen LogP contribution in [0.25, 0.3) is 0 Å². The molecule has 0 aliphatic heterocycles. The Morgan fingerprint density at radius 1 is 1.21 bits per heavy atom. The van der Waals surface area contributed by atoms with Crippen molar-refractivity contribution in [3.63, 3.8) is 0 Å². The molecule has 1 aromatic heterocycles. The standard InChI is InChI=1S/C13H25N5.HI/c1-3-5-7-16-13(15-6-4-2)17-9-11-18-10-8-14-12-18;/h8,10,12H,3-7,9,11H2,1-2H3,(H2,15,16,17);1H. The quantitative estimate of drug-likeness (QED) is 0.315. The molecule has 2 N–H and O–H groups in total. The first-order chi connectivity index (χ1) is 8.86. The zero-order valence-electron chi connectivity index (χ0n) is 11.9. The van der Waals surface area contributed by atoms with E-state index in [2.05, 4.69) is 39.0 Å². The van der Waals surface area contributed by atoms with E-state index >= 15 is 0 Å². The van der Waals surface area contributed by atoms with Crippen LogP contribution in [0.15, 0.2) is 23.7 Å². The third-order valence-corrected chi connectivity index (χ3v) is 2.54. The van der Waals surface area contributed by atoms with Crippen molar-refractivity contribution in [1.82, 2.24) is 20.2 Å². The van der Waals surface area contributed by atoms with Crippen molar-refractivity contribution in [2.45, 2.75) is 39.7 Å². The molecule has 0 amide bonds. The molecule has 0 aliphatic rings. The number of halogens is 1. The zero-order chi connectivity index (χ0) is 13.1. The van der Waals surface area contributed by atoms with Gasteiger partial charge in [-0.1, -0.05) is 20.3 Å². The van der Waals surface area contributed by atoms with Gasteiger partial charge in [0.25, 0.3) is 0 Å². The SMILES string of the molecule is CCCCNC(=NCCC)NCCn1ccnc1.I. The van der Waals surface area contributed by atoms with E-state index in [0.29, 0.717) is 0 Å². The smallest absolute Gasteiger partial charge is 0.191 e. The molecule has 0 radical (unpaired) electrons. The predicted octanol–water partition coefficient (Wildman–Crippen LogP) is 2.25. The minimum Gasteiger partial charge on any atom is -0.356 e. The van der Waals surface area contributed by atoms with Crippen LogP contribution in [-0.2, 0) is 6.54 Å². The Morgan fingerprint density at radius 3 is 2.63 bits per heavy atom. The van der Waals surface area contributed by atoms with Gasteiger partial charge in [0, 0.05) is 38.6 Å². The van der Waals surface area contributed by atoms with Crippen LogP contribution < -0.4 is 10.6 Å². The van der Waals surface area contributed by atoms with Crippen LogP contribution in [0, 0.1) is 0 Å². The van der Waals surface area contributed by atoms with Gasteiger partial charge in [-0.2, -0.15) is 0 Å². The maximum absolute atomic E-state index is 4.50. The summed E-state index contributed by atoms with van der Waals surface area (Å²) in [6.07, 6.45) is 9.04. The molecule has 110 valence electrons. The number of aliphatic imine (C=N–C) groups is 1. The van der Waals surface area contributed by atoms with Crippen LogP contribution in [-0.4, -0.2) is 35.1 Å². The number of nitrogens with one attached hydrogen (secondary N) is 2. The van der Waals surface area contributed by atoms with Crippen LogP contribution in [0.2, 0.25) is 0 Å². The fourth-order valence-electron chi connectivity index (χ4n) is 1.50. The molecule has 0 aromatic carbocycles. The maximum atomic E-state index is 4.50. The van der Waals surface area contributed by atoms with Gasteiger partial charge in [0.2, 0.25) is 0 Å². The fourth-order valence-corrected chi connectivity index (χ4v) is 1.50. The fraction of sp³-hybridized carbons (Fsp3) is 0.692. The molecular weight excluding hydrogens is 353 g/mol. The number of hydrogen-bond donors (Lipinski definition) is 2. The lowest BCUT2D eigenvalue weighted by atomic mass is 10.3. The van der Waals surface area contributed by atoms with Gasteiger partial charge in [-0.05, 0) is 12.8 Å². The summed E-state index contributed by atoms with van der Waals surface area (Å²) in [5.41, 5.74) is 0. The number of nitrogens with zero attached hydrogens (tertiary/aromatic N) is 3. The van der Waals surface area contributed by atoms with Gasteiger partial charge >= 0.3 is 0 Å².